The van der Waals surface area contributed by atoms with Crippen molar-refractivity contribution in [2.24, 2.45) is 14.1 Å². The molecule has 0 aliphatic carbocycles. The number of aromatic nitrogens is 2. The van der Waals surface area contributed by atoms with Gasteiger partial charge in [-0.25, -0.2) is 13.6 Å². The highest BCUT2D eigenvalue weighted by molar-refractivity contribution is 6.09. The van der Waals surface area contributed by atoms with Crippen LogP contribution in [0.3, 0.4) is 0 Å². The molecule has 0 spiro atoms. The van der Waals surface area contributed by atoms with Crippen LogP contribution in [0.15, 0.2) is 27.9 Å². The second-order valence-corrected chi connectivity index (χ2v) is 4.68. The molecule has 1 aromatic heterocycles. The smallest absolute Gasteiger partial charge is 0.303 e. The third-order valence-electron chi connectivity index (χ3n) is 3.20. The van der Waals surface area contributed by atoms with E-state index < -0.39 is 39.8 Å². The maximum atomic E-state index is 14.0. The lowest BCUT2D eigenvalue weighted by Gasteiger charge is -2.08. The number of hydrogen-bond donors (Lipinski definition) is 0. The second kappa shape index (κ2) is 5.08. The first-order valence-corrected chi connectivity index (χ1v) is 6.01. The highest BCUT2D eigenvalue weighted by Gasteiger charge is 2.24. The number of nitrogens with zero attached hydrogens (tertiary/aromatic N) is 2. The summed E-state index contributed by atoms with van der Waals surface area (Å²) in [6.45, 7) is 1.38. The van der Waals surface area contributed by atoms with E-state index in [-0.39, 0.29) is 5.56 Å². The molecule has 0 bridgehead atoms. The van der Waals surface area contributed by atoms with Crippen LogP contribution >= 0.6 is 0 Å². The Morgan fingerprint density at radius 2 is 1.76 bits per heavy atom. The van der Waals surface area contributed by atoms with E-state index in [9.17, 15) is 23.2 Å². The van der Waals surface area contributed by atoms with E-state index >= 15 is 0 Å². The second-order valence-electron chi connectivity index (χ2n) is 4.68. The lowest BCUT2D eigenvalue weighted by molar-refractivity contribution is 0.102. The van der Waals surface area contributed by atoms with Gasteiger partial charge in [-0.15, -0.1) is 0 Å². The van der Waals surface area contributed by atoms with Crippen LogP contribution in [-0.2, 0) is 14.1 Å². The third-order valence-corrected chi connectivity index (χ3v) is 3.20. The van der Waals surface area contributed by atoms with Gasteiger partial charge in [0.05, 0.1) is 5.56 Å². The van der Waals surface area contributed by atoms with Gasteiger partial charge < -0.3 is 4.57 Å². The van der Waals surface area contributed by atoms with Crippen LogP contribution in [0.25, 0.3) is 0 Å². The number of rotatable bonds is 2. The van der Waals surface area contributed by atoms with Crippen molar-refractivity contribution in [1.29, 1.82) is 0 Å². The van der Waals surface area contributed by atoms with E-state index in [1.807, 2.05) is 0 Å². The largest absolute Gasteiger partial charge is 0.330 e. The minimum atomic E-state index is -1.09. The number of hydrogen-bond acceptors (Lipinski definition) is 3. The van der Waals surface area contributed by atoms with Gasteiger partial charge in [0, 0.05) is 20.3 Å². The van der Waals surface area contributed by atoms with E-state index in [2.05, 4.69) is 0 Å². The van der Waals surface area contributed by atoms with Crippen molar-refractivity contribution >= 4 is 5.78 Å². The normalized spacial score (nSPS) is 10.7. The van der Waals surface area contributed by atoms with Gasteiger partial charge >= 0.3 is 5.69 Å². The molecule has 1 heterocycles. The Balaban J connectivity index is 2.76. The summed E-state index contributed by atoms with van der Waals surface area (Å²) in [7, 11) is 2.52. The van der Waals surface area contributed by atoms with Gasteiger partial charge in [-0.1, -0.05) is 6.07 Å². The molecule has 0 aliphatic rings. The molecule has 0 fully saturated rings. The standard InChI is InChI=1S/C14H12F2N2O3/c1-7-4-5-9(15)10(11(7)16)12(19)8-6-17(2)14(21)18(3)13(8)20/h4-6H,1-3H3. The Morgan fingerprint density at radius 3 is 2.38 bits per heavy atom. The molecule has 0 N–H and O–H groups in total. The monoisotopic (exact) mass is 294 g/mol. The lowest BCUT2D eigenvalue weighted by Crippen LogP contribution is -2.39. The van der Waals surface area contributed by atoms with Crippen LogP contribution in [0.2, 0.25) is 0 Å². The summed E-state index contributed by atoms with van der Waals surface area (Å²) in [4.78, 5) is 35.8. The lowest BCUT2D eigenvalue weighted by atomic mass is 10.0. The van der Waals surface area contributed by atoms with Crippen molar-refractivity contribution in [3.8, 4) is 0 Å². The summed E-state index contributed by atoms with van der Waals surface area (Å²) in [5, 5.41) is 0. The van der Waals surface area contributed by atoms with Gasteiger partial charge in [-0.3, -0.25) is 14.2 Å². The Hall–Kier alpha value is -2.57. The van der Waals surface area contributed by atoms with Gasteiger partial charge in [0.15, 0.2) is 0 Å². The summed E-state index contributed by atoms with van der Waals surface area (Å²) in [5.41, 5.74) is -2.72. The fourth-order valence-corrected chi connectivity index (χ4v) is 1.96. The van der Waals surface area contributed by atoms with Gasteiger partial charge in [0.2, 0.25) is 5.78 Å². The molecule has 0 radical (unpaired) electrons. The predicted octanol–water partition coefficient (Wildman–Crippen LogP) is 0.902. The first kappa shape index (κ1) is 14.8. The molecule has 0 saturated carbocycles. The average molecular weight is 294 g/mol. The SMILES string of the molecule is Cc1ccc(F)c(C(=O)c2cn(C)c(=O)n(C)c2=O)c1F. The van der Waals surface area contributed by atoms with Crippen molar-refractivity contribution < 1.29 is 13.6 Å². The van der Waals surface area contributed by atoms with Crippen LogP contribution in [0.1, 0.15) is 21.5 Å². The molecule has 110 valence electrons. The first-order chi connectivity index (χ1) is 9.75. The zero-order valence-corrected chi connectivity index (χ0v) is 11.6. The first-order valence-electron chi connectivity index (χ1n) is 6.01. The van der Waals surface area contributed by atoms with Crippen LogP contribution < -0.4 is 11.2 Å². The fourth-order valence-electron chi connectivity index (χ4n) is 1.96. The predicted molar refractivity (Wildman–Crippen MR) is 71.5 cm³/mol. The minimum Gasteiger partial charge on any atom is -0.303 e. The van der Waals surface area contributed by atoms with Crippen molar-refractivity contribution in [2.75, 3.05) is 0 Å². The molecule has 21 heavy (non-hydrogen) atoms. The minimum absolute atomic E-state index is 0.0846. The number of carbonyl (C=O) groups is 1. The summed E-state index contributed by atoms with van der Waals surface area (Å²) >= 11 is 0. The summed E-state index contributed by atoms with van der Waals surface area (Å²) in [6.07, 6.45) is 0.980. The van der Waals surface area contributed by atoms with Gasteiger partial charge in [0.1, 0.15) is 17.2 Å². The maximum absolute atomic E-state index is 14.0. The van der Waals surface area contributed by atoms with Gasteiger partial charge in [-0.2, -0.15) is 0 Å². The quantitative estimate of drug-likeness (QED) is 0.773. The number of carbonyl (C=O) groups excluding carboxylic acids is 1. The third kappa shape index (κ3) is 2.31. The number of benzene rings is 1. The zero-order valence-electron chi connectivity index (χ0n) is 11.6. The van der Waals surface area contributed by atoms with Crippen molar-refractivity contribution in [1.82, 2.24) is 9.13 Å². The van der Waals surface area contributed by atoms with E-state index in [0.717, 1.165) is 16.8 Å². The molecular formula is C14H12F2N2O3. The fraction of sp³-hybridized carbons (Fsp3) is 0.214. The summed E-state index contributed by atoms with van der Waals surface area (Å²) < 4.78 is 29.4. The highest BCUT2D eigenvalue weighted by Crippen LogP contribution is 2.18. The molecule has 0 aliphatic heterocycles. The van der Waals surface area contributed by atoms with Crippen LogP contribution in [0.4, 0.5) is 8.78 Å². The van der Waals surface area contributed by atoms with E-state index in [1.165, 1.54) is 27.1 Å². The molecule has 2 aromatic rings. The summed E-state index contributed by atoms with van der Waals surface area (Å²) in [6, 6.07) is 2.15. The van der Waals surface area contributed by atoms with Crippen molar-refractivity contribution in [2.45, 2.75) is 6.92 Å². The number of halogens is 2. The number of aryl methyl sites for hydroxylation is 2. The molecule has 0 saturated heterocycles. The molecule has 1 aromatic carbocycles. The zero-order chi connectivity index (χ0) is 15.9. The van der Waals surface area contributed by atoms with Crippen molar-refractivity contribution in [3.05, 3.63) is 67.5 Å². The average Bonchev–Trinajstić information content (AvgIpc) is 2.44. The Bertz CT molecular complexity index is 866. The van der Waals surface area contributed by atoms with Crippen LogP contribution in [0, 0.1) is 18.6 Å². The molecule has 0 unspecified atom stereocenters. The summed E-state index contributed by atoms with van der Waals surface area (Å²) in [5.74, 6) is -3.17. The topological polar surface area (TPSA) is 61.1 Å². The molecule has 0 amide bonds. The molecule has 5 nitrogen and oxygen atoms in total. The van der Waals surface area contributed by atoms with Crippen LogP contribution in [-0.4, -0.2) is 14.9 Å². The molecule has 2 rings (SSSR count). The molecule has 7 heteroatoms. The highest BCUT2D eigenvalue weighted by atomic mass is 19.1. The van der Waals surface area contributed by atoms with Crippen LogP contribution in [0.5, 0.6) is 0 Å². The van der Waals surface area contributed by atoms with E-state index in [1.54, 1.807) is 0 Å². The number of ketones is 1. The van der Waals surface area contributed by atoms with Gasteiger partial charge in [-0.05, 0) is 18.6 Å². The Labute approximate surface area is 118 Å². The van der Waals surface area contributed by atoms with E-state index in [4.69, 9.17) is 0 Å². The Kier molecular flexibility index (Phi) is 3.59. The van der Waals surface area contributed by atoms with Crippen molar-refractivity contribution in [3.63, 3.8) is 0 Å². The molecule has 0 atom stereocenters. The maximum Gasteiger partial charge on any atom is 0.330 e. The van der Waals surface area contributed by atoms with Gasteiger partial charge in [0.25, 0.3) is 5.56 Å². The van der Waals surface area contributed by atoms with E-state index in [0.29, 0.717) is 4.57 Å². The Morgan fingerprint density at radius 1 is 1.14 bits per heavy atom. The molecular weight excluding hydrogens is 282 g/mol.